The summed E-state index contributed by atoms with van der Waals surface area (Å²) in [7, 11) is 1.86. The molecule has 7 heteroatoms. The second-order valence-electron chi connectivity index (χ2n) is 5.32. The van der Waals surface area contributed by atoms with E-state index < -0.39 is 0 Å². The molecule has 2 atom stereocenters. The van der Waals surface area contributed by atoms with Gasteiger partial charge in [-0.15, -0.1) is 0 Å². The normalized spacial score (nSPS) is 21.5. The van der Waals surface area contributed by atoms with E-state index in [0.717, 1.165) is 18.4 Å². The van der Waals surface area contributed by atoms with Crippen molar-refractivity contribution in [3.8, 4) is 0 Å². The van der Waals surface area contributed by atoms with Gasteiger partial charge in [0, 0.05) is 37.8 Å². The van der Waals surface area contributed by atoms with Gasteiger partial charge in [0.15, 0.2) is 0 Å². The number of carbonyl (C=O) groups excluding carboxylic acids is 1. The number of rotatable bonds is 3. The minimum absolute atomic E-state index is 0.102. The summed E-state index contributed by atoms with van der Waals surface area (Å²) in [5.41, 5.74) is 1.39. The SMILES string of the molecule is Cn1cc([C@H]2OCCC[C@@H]2NC(=O)c2ccncc2Cl)cn1. The summed E-state index contributed by atoms with van der Waals surface area (Å²) in [6, 6.07) is 1.51. The molecule has 0 unspecified atom stereocenters. The first-order valence-electron chi connectivity index (χ1n) is 7.15. The zero-order valence-electron chi connectivity index (χ0n) is 12.2. The van der Waals surface area contributed by atoms with E-state index in [1.807, 2.05) is 13.2 Å². The van der Waals surface area contributed by atoms with Gasteiger partial charge in [0.2, 0.25) is 0 Å². The van der Waals surface area contributed by atoms with Crippen molar-refractivity contribution in [2.45, 2.75) is 25.0 Å². The first-order valence-corrected chi connectivity index (χ1v) is 7.53. The number of halogens is 1. The number of nitrogens with zero attached hydrogens (tertiary/aromatic N) is 3. The first kappa shape index (κ1) is 15.0. The molecule has 6 nitrogen and oxygen atoms in total. The smallest absolute Gasteiger partial charge is 0.253 e. The van der Waals surface area contributed by atoms with Gasteiger partial charge in [0.1, 0.15) is 6.10 Å². The second-order valence-corrected chi connectivity index (χ2v) is 5.72. The second kappa shape index (κ2) is 6.46. The molecule has 0 aliphatic carbocycles. The third-order valence-corrected chi connectivity index (χ3v) is 4.01. The summed E-state index contributed by atoms with van der Waals surface area (Å²) in [6.45, 7) is 0.682. The van der Waals surface area contributed by atoms with Gasteiger partial charge in [-0.3, -0.25) is 14.5 Å². The van der Waals surface area contributed by atoms with Gasteiger partial charge in [-0.25, -0.2) is 0 Å². The Kier molecular flexibility index (Phi) is 4.40. The Hall–Kier alpha value is -1.92. The van der Waals surface area contributed by atoms with Gasteiger partial charge in [0.25, 0.3) is 5.91 Å². The number of nitrogens with one attached hydrogen (secondary N) is 1. The van der Waals surface area contributed by atoms with Crippen molar-refractivity contribution in [3.05, 3.63) is 47.0 Å². The molecule has 1 N–H and O–H groups in total. The molecule has 3 rings (SSSR count). The van der Waals surface area contributed by atoms with Gasteiger partial charge < -0.3 is 10.1 Å². The Labute approximate surface area is 133 Å². The van der Waals surface area contributed by atoms with Crippen LogP contribution in [-0.2, 0) is 11.8 Å². The summed E-state index contributed by atoms with van der Waals surface area (Å²) in [5, 5.41) is 7.54. The number of ether oxygens (including phenoxy) is 1. The molecule has 2 aromatic rings. The number of aromatic nitrogens is 3. The number of hydrogen-bond donors (Lipinski definition) is 1. The van der Waals surface area contributed by atoms with Crippen LogP contribution < -0.4 is 5.32 Å². The molecular weight excluding hydrogens is 304 g/mol. The summed E-state index contributed by atoms with van der Waals surface area (Å²) in [6.07, 6.45) is 8.28. The number of pyridine rings is 1. The molecule has 1 aliphatic rings. The van der Waals surface area contributed by atoms with Gasteiger partial charge in [0.05, 0.1) is 22.8 Å². The van der Waals surface area contributed by atoms with Crippen LogP contribution in [-0.4, -0.2) is 33.3 Å². The third kappa shape index (κ3) is 3.13. The summed E-state index contributed by atoms with van der Waals surface area (Å²) < 4.78 is 7.57. The van der Waals surface area contributed by atoms with Gasteiger partial charge in [-0.1, -0.05) is 11.6 Å². The first-order chi connectivity index (χ1) is 10.6. The van der Waals surface area contributed by atoms with E-state index in [2.05, 4.69) is 15.4 Å². The maximum absolute atomic E-state index is 12.4. The lowest BCUT2D eigenvalue weighted by Gasteiger charge is -2.31. The molecule has 3 heterocycles. The highest BCUT2D eigenvalue weighted by Crippen LogP contribution is 2.28. The highest BCUT2D eigenvalue weighted by molar-refractivity contribution is 6.33. The largest absolute Gasteiger partial charge is 0.371 e. The van der Waals surface area contributed by atoms with Crippen LogP contribution >= 0.6 is 11.6 Å². The molecule has 1 saturated heterocycles. The van der Waals surface area contributed by atoms with Crippen LogP contribution in [0.5, 0.6) is 0 Å². The van der Waals surface area contributed by atoms with Crippen molar-refractivity contribution < 1.29 is 9.53 Å². The van der Waals surface area contributed by atoms with Crippen LogP contribution in [0.15, 0.2) is 30.9 Å². The quantitative estimate of drug-likeness (QED) is 0.940. The van der Waals surface area contributed by atoms with E-state index in [-0.39, 0.29) is 18.1 Å². The summed E-state index contributed by atoms with van der Waals surface area (Å²) in [4.78, 5) is 16.3. The zero-order valence-corrected chi connectivity index (χ0v) is 13.0. The van der Waals surface area contributed by atoms with E-state index >= 15 is 0 Å². The van der Waals surface area contributed by atoms with E-state index in [9.17, 15) is 4.79 Å². The Balaban J connectivity index is 1.77. The van der Waals surface area contributed by atoms with Crippen molar-refractivity contribution in [1.82, 2.24) is 20.1 Å². The molecular formula is C15H17ClN4O2. The lowest BCUT2D eigenvalue weighted by atomic mass is 9.98. The van der Waals surface area contributed by atoms with Crippen molar-refractivity contribution in [2.24, 2.45) is 7.05 Å². The van der Waals surface area contributed by atoms with Gasteiger partial charge >= 0.3 is 0 Å². The Morgan fingerprint density at radius 3 is 3.09 bits per heavy atom. The Bertz CT molecular complexity index is 673. The zero-order chi connectivity index (χ0) is 15.5. The number of aryl methyl sites for hydroxylation is 1. The average molecular weight is 321 g/mol. The topological polar surface area (TPSA) is 69.0 Å². The average Bonchev–Trinajstić information content (AvgIpc) is 2.94. The monoisotopic (exact) mass is 320 g/mol. The fourth-order valence-corrected chi connectivity index (χ4v) is 2.86. The molecule has 116 valence electrons. The molecule has 0 aromatic carbocycles. The van der Waals surface area contributed by atoms with E-state index in [1.165, 1.54) is 6.20 Å². The number of carbonyl (C=O) groups is 1. The molecule has 1 aliphatic heterocycles. The van der Waals surface area contributed by atoms with Gasteiger partial charge in [-0.2, -0.15) is 5.10 Å². The Morgan fingerprint density at radius 1 is 1.50 bits per heavy atom. The van der Waals surface area contributed by atoms with E-state index in [0.29, 0.717) is 17.2 Å². The maximum atomic E-state index is 12.4. The van der Waals surface area contributed by atoms with Crippen molar-refractivity contribution in [3.63, 3.8) is 0 Å². The van der Waals surface area contributed by atoms with Gasteiger partial charge in [-0.05, 0) is 18.9 Å². The third-order valence-electron chi connectivity index (χ3n) is 3.71. The molecule has 1 fully saturated rings. The minimum Gasteiger partial charge on any atom is -0.371 e. The lowest BCUT2D eigenvalue weighted by molar-refractivity contribution is -0.00949. The predicted molar refractivity (Wildman–Crippen MR) is 81.6 cm³/mol. The van der Waals surface area contributed by atoms with Crippen molar-refractivity contribution in [1.29, 1.82) is 0 Å². The summed E-state index contributed by atoms with van der Waals surface area (Å²) >= 11 is 6.03. The number of amides is 1. The minimum atomic E-state index is -0.211. The fourth-order valence-electron chi connectivity index (χ4n) is 2.65. The van der Waals surface area contributed by atoms with E-state index in [1.54, 1.807) is 23.1 Å². The van der Waals surface area contributed by atoms with Crippen LogP contribution in [0.1, 0.15) is 34.9 Å². The highest BCUT2D eigenvalue weighted by atomic mass is 35.5. The standard InChI is InChI=1S/C15H17ClN4O2/c1-20-9-10(7-18-20)14-13(3-2-6-22-14)19-15(21)11-4-5-17-8-12(11)16/h4-5,7-9,13-14H,2-3,6H2,1H3,(H,19,21)/t13-,14+/m0/s1. The number of hydrogen-bond acceptors (Lipinski definition) is 4. The maximum Gasteiger partial charge on any atom is 0.253 e. The summed E-state index contributed by atoms with van der Waals surface area (Å²) in [5.74, 6) is -0.211. The van der Waals surface area contributed by atoms with Crippen molar-refractivity contribution in [2.75, 3.05) is 6.61 Å². The molecule has 1 amide bonds. The molecule has 22 heavy (non-hydrogen) atoms. The highest BCUT2D eigenvalue weighted by Gasteiger charge is 2.30. The van der Waals surface area contributed by atoms with Crippen LogP contribution in [0.4, 0.5) is 0 Å². The molecule has 2 aromatic heterocycles. The fraction of sp³-hybridized carbons (Fsp3) is 0.400. The van der Waals surface area contributed by atoms with Crippen LogP contribution in [0.2, 0.25) is 5.02 Å². The van der Waals surface area contributed by atoms with Crippen LogP contribution in [0.25, 0.3) is 0 Å². The Morgan fingerprint density at radius 2 is 2.36 bits per heavy atom. The molecule has 0 saturated carbocycles. The van der Waals surface area contributed by atoms with Crippen molar-refractivity contribution >= 4 is 17.5 Å². The predicted octanol–water partition coefficient (Wildman–Crippen LogP) is 2.12. The van der Waals surface area contributed by atoms with E-state index in [4.69, 9.17) is 16.3 Å². The van der Waals surface area contributed by atoms with Crippen LogP contribution in [0.3, 0.4) is 0 Å². The molecule has 0 bridgehead atoms. The lowest BCUT2D eigenvalue weighted by Crippen LogP contribution is -2.42. The molecule has 0 radical (unpaired) electrons. The molecule has 0 spiro atoms. The van der Waals surface area contributed by atoms with Crippen LogP contribution in [0, 0.1) is 0 Å².